The van der Waals surface area contributed by atoms with Crippen LogP contribution in [0.5, 0.6) is 0 Å². The number of rotatable bonds is 2. The molecule has 1 fully saturated rings. The van der Waals surface area contributed by atoms with E-state index in [0.29, 0.717) is 10.0 Å². The van der Waals surface area contributed by atoms with Crippen LogP contribution in [0.3, 0.4) is 0 Å². The molecular weight excluding hydrogens is 355 g/mol. The monoisotopic (exact) mass is 370 g/mol. The van der Waals surface area contributed by atoms with Crippen molar-refractivity contribution in [3.8, 4) is 0 Å². The van der Waals surface area contributed by atoms with Gasteiger partial charge in [-0.2, -0.15) is 0 Å². The predicted octanol–water partition coefficient (Wildman–Crippen LogP) is 5.10. The van der Waals surface area contributed by atoms with Gasteiger partial charge in [-0.3, -0.25) is 0 Å². The van der Waals surface area contributed by atoms with Crippen LogP contribution in [0, 0.1) is 0 Å². The number of aromatic nitrogens is 2. The quantitative estimate of drug-likeness (QED) is 0.627. The number of anilines is 1. The fourth-order valence-electron chi connectivity index (χ4n) is 3.83. The van der Waals surface area contributed by atoms with Crippen molar-refractivity contribution in [2.45, 2.75) is 19.0 Å². The standard InChI is InChI=1S/C19H16Cl2N4/c20-14-4-5-16(21)17(10-14)25-12-15-2-1-8-24(15)19(25)13-3-6-18-22-7-9-23(18)11-13/h3-7,9-12,19H,1-2,8H2. The lowest BCUT2D eigenvalue weighted by Gasteiger charge is -2.33. The molecule has 0 radical (unpaired) electrons. The molecular formula is C19H16Cl2N4. The highest BCUT2D eigenvalue weighted by Gasteiger charge is 2.37. The molecule has 2 aliphatic rings. The molecule has 0 bridgehead atoms. The Morgan fingerprint density at radius 1 is 1.12 bits per heavy atom. The third-order valence-corrected chi connectivity index (χ3v) is 5.50. The molecule has 2 aliphatic heterocycles. The maximum Gasteiger partial charge on any atom is 0.136 e. The first-order valence-corrected chi connectivity index (χ1v) is 9.10. The molecule has 1 saturated heterocycles. The van der Waals surface area contributed by atoms with Crippen molar-refractivity contribution < 1.29 is 0 Å². The minimum absolute atomic E-state index is 0.0836. The van der Waals surface area contributed by atoms with Crippen LogP contribution in [0.2, 0.25) is 10.0 Å². The molecule has 0 amide bonds. The van der Waals surface area contributed by atoms with Gasteiger partial charge in [0, 0.05) is 47.6 Å². The summed E-state index contributed by atoms with van der Waals surface area (Å²) in [7, 11) is 0. The van der Waals surface area contributed by atoms with E-state index in [4.69, 9.17) is 23.2 Å². The highest BCUT2D eigenvalue weighted by molar-refractivity contribution is 6.35. The molecule has 4 nitrogen and oxygen atoms in total. The second-order valence-electron chi connectivity index (χ2n) is 6.45. The summed E-state index contributed by atoms with van der Waals surface area (Å²) in [5, 5.41) is 1.39. The Balaban J connectivity index is 1.65. The van der Waals surface area contributed by atoms with E-state index in [1.54, 1.807) is 0 Å². The maximum atomic E-state index is 6.50. The normalized spacial score (nSPS) is 19.6. The van der Waals surface area contributed by atoms with Gasteiger partial charge >= 0.3 is 0 Å². The molecule has 1 unspecified atom stereocenters. The van der Waals surface area contributed by atoms with Gasteiger partial charge < -0.3 is 14.2 Å². The van der Waals surface area contributed by atoms with Crippen LogP contribution in [0.25, 0.3) is 5.65 Å². The Bertz CT molecular complexity index is 994. The lowest BCUT2D eigenvalue weighted by molar-refractivity contribution is 0.318. The largest absolute Gasteiger partial charge is 0.349 e. The zero-order valence-corrected chi connectivity index (χ0v) is 15.0. The number of benzene rings is 1. The smallest absolute Gasteiger partial charge is 0.136 e. The van der Waals surface area contributed by atoms with Crippen LogP contribution in [-0.4, -0.2) is 20.8 Å². The van der Waals surface area contributed by atoms with Gasteiger partial charge in [0.2, 0.25) is 0 Å². The Labute approximate surface area is 155 Å². The van der Waals surface area contributed by atoms with E-state index in [-0.39, 0.29) is 6.17 Å². The van der Waals surface area contributed by atoms with Gasteiger partial charge in [-0.1, -0.05) is 23.2 Å². The Kier molecular flexibility index (Phi) is 3.43. The fraction of sp³-hybridized carbons (Fsp3) is 0.211. The SMILES string of the molecule is Clc1ccc(Cl)c(N2C=C3CCCN3C2c2ccc3nccn3c2)c1. The Morgan fingerprint density at radius 2 is 2.04 bits per heavy atom. The number of allylic oxidation sites excluding steroid dienone is 1. The molecule has 2 aromatic heterocycles. The number of hydrogen-bond acceptors (Lipinski definition) is 3. The first-order valence-electron chi connectivity index (χ1n) is 8.34. The van der Waals surface area contributed by atoms with Crippen molar-refractivity contribution in [1.82, 2.24) is 14.3 Å². The van der Waals surface area contributed by atoms with Crippen LogP contribution in [0.15, 0.2) is 60.8 Å². The third kappa shape index (κ3) is 2.40. The average Bonchev–Trinajstić information content (AvgIpc) is 3.30. The zero-order chi connectivity index (χ0) is 17.0. The molecule has 0 spiro atoms. The molecule has 1 aromatic carbocycles. The van der Waals surface area contributed by atoms with E-state index in [1.807, 2.05) is 30.6 Å². The Morgan fingerprint density at radius 3 is 2.96 bits per heavy atom. The fourth-order valence-corrected chi connectivity index (χ4v) is 4.21. The molecule has 126 valence electrons. The van der Waals surface area contributed by atoms with Crippen LogP contribution in [0.4, 0.5) is 5.69 Å². The number of hydrogen-bond donors (Lipinski definition) is 0. The summed E-state index contributed by atoms with van der Waals surface area (Å²) < 4.78 is 2.06. The molecule has 0 aliphatic carbocycles. The summed E-state index contributed by atoms with van der Waals surface area (Å²) in [5.41, 5.74) is 4.44. The molecule has 3 aromatic rings. The van der Waals surface area contributed by atoms with Gasteiger partial charge in [0.05, 0.1) is 10.7 Å². The van der Waals surface area contributed by atoms with Crippen molar-refractivity contribution in [2.75, 3.05) is 11.4 Å². The van der Waals surface area contributed by atoms with Crippen molar-refractivity contribution in [3.05, 3.63) is 76.4 Å². The van der Waals surface area contributed by atoms with Gasteiger partial charge in [-0.05, 0) is 43.2 Å². The molecule has 5 rings (SSSR count). The van der Waals surface area contributed by atoms with Crippen LogP contribution in [0.1, 0.15) is 24.6 Å². The molecule has 25 heavy (non-hydrogen) atoms. The summed E-state index contributed by atoms with van der Waals surface area (Å²) in [5.74, 6) is 0. The van der Waals surface area contributed by atoms with Gasteiger partial charge in [0.25, 0.3) is 0 Å². The van der Waals surface area contributed by atoms with Crippen molar-refractivity contribution in [1.29, 1.82) is 0 Å². The number of halogens is 2. The highest BCUT2D eigenvalue weighted by Crippen LogP contribution is 2.45. The van der Waals surface area contributed by atoms with Crippen molar-refractivity contribution in [3.63, 3.8) is 0 Å². The summed E-state index contributed by atoms with van der Waals surface area (Å²) in [6.07, 6.45) is 10.5. The third-order valence-electron chi connectivity index (χ3n) is 4.94. The highest BCUT2D eigenvalue weighted by atomic mass is 35.5. The molecule has 4 heterocycles. The van der Waals surface area contributed by atoms with Gasteiger partial charge in [0.15, 0.2) is 0 Å². The predicted molar refractivity (Wildman–Crippen MR) is 101 cm³/mol. The van der Waals surface area contributed by atoms with Gasteiger partial charge in [-0.15, -0.1) is 0 Å². The van der Waals surface area contributed by atoms with Gasteiger partial charge in [-0.25, -0.2) is 4.98 Å². The molecule has 0 N–H and O–H groups in total. The Hall–Kier alpha value is -2.17. The minimum Gasteiger partial charge on any atom is -0.349 e. The summed E-state index contributed by atoms with van der Waals surface area (Å²) in [6.45, 7) is 1.05. The van der Waals surface area contributed by atoms with E-state index in [1.165, 1.54) is 17.7 Å². The molecule has 6 heteroatoms. The van der Waals surface area contributed by atoms with Crippen LogP contribution in [-0.2, 0) is 0 Å². The first-order chi connectivity index (χ1) is 12.2. The summed E-state index contributed by atoms with van der Waals surface area (Å²) in [6, 6.07) is 9.82. The van der Waals surface area contributed by atoms with Crippen molar-refractivity contribution in [2.24, 2.45) is 0 Å². The first kappa shape index (κ1) is 15.1. The zero-order valence-electron chi connectivity index (χ0n) is 13.4. The van der Waals surface area contributed by atoms with Gasteiger partial charge in [0.1, 0.15) is 11.8 Å². The lowest BCUT2D eigenvalue weighted by atomic mass is 10.1. The second kappa shape index (κ2) is 5.68. The number of fused-ring (bicyclic) bond motifs is 2. The van der Waals surface area contributed by atoms with E-state index >= 15 is 0 Å². The molecule has 1 atom stereocenters. The minimum atomic E-state index is 0.0836. The second-order valence-corrected chi connectivity index (χ2v) is 7.29. The lowest BCUT2D eigenvalue weighted by Crippen LogP contribution is -2.31. The number of pyridine rings is 1. The number of nitrogens with zero attached hydrogens (tertiary/aromatic N) is 4. The van der Waals surface area contributed by atoms with E-state index < -0.39 is 0 Å². The molecule has 0 saturated carbocycles. The summed E-state index contributed by atoms with van der Waals surface area (Å²) in [4.78, 5) is 9.03. The van der Waals surface area contributed by atoms with E-state index in [9.17, 15) is 0 Å². The maximum absolute atomic E-state index is 6.50. The average molecular weight is 371 g/mol. The van der Waals surface area contributed by atoms with Crippen molar-refractivity contribution >= 4 is 34.5 Å². The number of imidazole rings is 1. The topological polar surface area (TPSA) is 23.8 Å². The van der Waals surface area contributed by atoms with E-state index in [2.05, 4.69) is 43.7 Å². The van der Waals surface area contributed by atoms with Crippen LogP contribution >= 0.6 is 23.2 Å². The summed E-state index contributed by atoms with van der Waals surface area (Å²) >= 11 is 12.7. The van der Waals surface area contributed by atoms with E-state index in [0.717, 1.165) is 24.3 Å². The van der Waals surface area contributed by atoms with Crippen LogP contribution < -0.4 is 4.90 Å².